The third-order valence-electron chi connectivity index (χ3n) is 2.78. The lowest BCUT2D eigenvalue weighted by molar-refractivity contribution is -0.115. The molecule has 0 saturated heterocycles. The van der Waals surface area contributed by atoms with Crippen molar-refractivity contribution in [1.82, 2.24) is 5.32 Å². The molecule has 2 aliphatic heterocycles. The van der Waals surface area contributed by atoms with Gasteiger partial charge in [0, 0.05) is 6.42 Å². The molecule has 0 fully saturated rings. The quantitative estimate of drug-likeness (QED) is 0.805. The van der Waals surface area contributed by atoms with Crippen molar-refractivity contribution < 1.29 is 14.3 Å². The van der Waals surface area contributed by atoms with Crippen LogP contribution in [0.4, 0.5) is 0 Å². The molecule has 1 aromatic rings. The molecule has 2 aliphatic rings. The van der Waals surface area contributed by atoms with E-state index in [1.165, 1.54) is 0 Å². The number of rotatable bonds is 2. The molecule has 1 N–H and O–H groups in total. The molecule has 5 heteroatoms. The number of carbonyl (C=O) groups excluding carboxylic acids is 1. The fraction of sp³-hybridized carbons (Fsp3) is 0.231. The topological polar surface area (TPSA) is 59.9 Å². The van der Waals surface area contributed by atoms with E-state index >= 15 is 0 Å². The van der Waals surface area contributed by atoms with Gasteiger partial charge in [-0.05, 0) is 23.8 Å². The van der Waals surface area contributed by atoms with Gasteiger partial charge in [-0.2, -0.15) is 0 Å². The molecule has 92 valence electrons. The summed E-state index contributed by atoms with van der Waals surface area (Å²) in [5.41, 5.74) is 1.29. The first kappa shape index (κ1) is 10.8. The molecule has 1 amide bonds. The van der Waals surface area contributed by atoms with Crippen LogP contribution in [0.15, 0.2) is 28.9 Å². The first-order valence-electron chi connectivity index (χ1n) is 5.76. The highest BCUT2D eigenvalue weighted by molar-refractivity contribution is 6.14. The number of ether oxygens (including phenoxy) is 2. The van der Waals surface area contributed by atoms with Crippen LogP contribution in [-0.4, -0.2) is 18.5 Å². The number of carbonyl (C=O) groups is 1. The van der Waals surface area contributed by atoms with Gasteiger partial charge in [-0.1, -0.05) is 13.0 Å². The average molecular weight is 244 g/mol. The Morgan fingerprint density at radius 1 is 1.39 bits per heavy atom. The zero-order valence-electron chi connectivity index (χ0n) is 9.90. The van der Waals surface area contributed by atoms with Gasteiger partial charge in [0.1, 0.15) is 11.5 Å². The van der Waals surface area contributed by atoms with Crippen LogP contribution >= 0.6 is 0 Å². The van der Waals surface area contributed by atoms with Crippen LogP contribution in [0.25, 0.3) is 6.08 Å². The van der Waals surface area contributed by atoms with Crippen molar-refractivity contribution in [1.29, 1.82) is 0 Å². The van der Waals surface area contributed by atoms with Crippen molar-refractivity contribution in [2.24, 2.45) is 4.99 Å². The standard InChI is InChI=1S/C13H12N2O3/c1-2-12-14-9(13(16)15-12)5-8-3-4-10-11(6-8)18-7-17-10/h3-6H,2,7H2,1H3,(H,14,15,16)/b9-5+. The molecular weight excluding hydrogens is 232 g/mol. The van der Waals surface area contributed by atoms with Crippen LogP contribution in [0.1, 0.15) is 18.9 Å². The molecule has 0 bridgehead atoms. The van der Waals surface area contributed by atoms with Crippen LogP contribution in [-0.2, 0) is 4.79 Å². The third-order valence-corrected chi connectivity index (χ3v) is 2.78. The van der Waals surface area contributed by atoms with E-state index < -0.39 is 0 Å². The van der Waals surface area contributed by atoms with Gasteiger partial charge in [-0.15, -0.1) is 0 Å². The summed E-state index contributed by atoms with van der Waals surface area (Å²) in [6, 6.07) is 5.53. The summed E-state index contributed by atoms with van der Waals surface area (Å²) in [7, 11) is 0. The molecule has 5 nitrogen and oxygen atoms in total. The highest BCUT2D eigenvalue weighted by Crippen LogP contribution is 2.33. The zero-order chi connectivity index (χ0) is 12.5. The highest BCUT2D eigenvalue weighted by Gasteiger charge is 2.19. The van der Waals surface area contributed by atoms with Gasteiger partial charge >= 0.3 is 0 Å². The van der Waals surface area contributed by atoms with Crippen LogP contribution in [0.5, 0.6) is 11.5 Å². The average Bonchev–Trinajstić information content (AvgIpc) is 2.96. The Kier molecular flexibility index (Phi) is 2.51. The van der Waals surface area contributed by atoms with Gasteiger partial charge in [0.2, 0.25) is 6.79 Å². The zero-order valence-corrected chi connectivity index (χ0v) is 9.90. The van der Waals surface area contributed by atoms with Crippen molar-refractivity contribution in [2.45, 2.75) is 13.3 Å². The number of fused-ring (bicyclic) bond motifs is 1. The maximum Gasteiger partial charge on any atom is 0.275 e. The Morgan fingerprint density at radius 2 is 2.22 bits per heavy atom. The predicted octanol–water partition coefficient (Wildman–Crippen LogP) is 1.69. The van der Waals surface area contributed by atoms with Crippen molar-refractivity contribution in [3.8, 4) is 11.5 Å². The summed E-state index contributed by atoms with van der Waals surface area (Å²) < 4.78 is 10.5. The van der Waals surface area contributed by atoms with E-state index in [0.717, 1.165) is 11.3 Å². The molecule has 1 aromatic carbocycles. The highest BCUT2D eigenvalue weighted by atomic mass is 16.7. The Hall–Kier alpha value is -2.30. The van der Waals surface area contributed by atoms with Gasteiger partial charge in [-0.25, -0.2) is 4.99 Å². The first-order chi connectivity index (χ1) is 8.76. The summed E-state index contributed by atoms with van der Waals surface area (Å²) >= 11 is 0. The molecule has 3 rings (SSSR count). The summed E-state index contributed by atoms with van der Waals surface area (Å²) in [5, 5.41) is 2.71. The molecule has 0 unspecified atom stereocenters. The fourth-order valence-electron chi connectivity index (χ4n) is 1.85. The van der Waals surface area contributed by atoms with E-state index in [4.69, 9.17) is 9.47 Å². The van der Waals surface area contributed by atoms with E-state index in [1.807, 2.05) is 25.1 Å². The second-order valence-electron chi connectivity index (χ2n) is 4.01. The second kappa shape index (κ2) is 4.18. The van der Waals surface area contributed by atoms with E-state index in [0.29, 0.717) is 23.7 Å². The molecule has 0 saturated carbocycles. The van der Waals surface area contributed by atoms with E-state index in [1.54, 1.807) is 6.08 Å². The lowest BCUT2D eigenvalue weighted by atomic mass is 10.1. The molecule has 0 aliphatic carbocycles. The molecule has 2 heterocycles. The van der Waals surface area contributed by atoms with Crippen LogP contribution in [0, 0.1) is 0 Å². The molecule has 0 spiro atoms. The maximum atomic E-state index is 11.6. The largest absolute Gasteiger partial charge is 0.454 e. The van der Waals surface area contributed by atoms with E-state index in [2.05, 4.69) is 10.3 Å². The van der Waals surface area contributed by atoms with Crippen LogP contribution in [0.3, 0.4) is 0 Å². The Bertz CT molecular complexity index is 576. The van der Waals surface area contributed by atoms with Crippen molar-refractivity contribution in [3.05, 3.63) is 29.5 Å². The Labute approximate surface area is 104 Å². The van der Waals surface area contributed by atoms with Gasteiger partial charge in [-0.3, -0.25) is 4.79 Å². The van der Waals surface area contributed by atoms with Gasteiger partial charge < -0.3 is 14.8 Å². The number of hydrogen-bond acceptors (Lipinski definition) is 4. The lowest BCUT2D eigenvalue weighted by Gasteiger charge is -1.98. The van der Waals surface area contributed by atoms with Crippen LogP contribution < -0.4 is 14.8 Å². The number of amides is 1. The van der Waals surface area contributed by atoms with Gasteiger partial charge in [0.05, 0.1) is 0 Å². The summed E-state index contributed by atoms with van der Waals surface area (Å²) in [6.07, 6.45) is 2.45. The molecular formula is C13H12N2O3. The number of nitrogens with one attached hydrogen (secondary N) is 1. The SMILES string of the molecule is CCC1=N/C(=C/c2ccc3c(c2)OCO3)C(=O)N1. The monoisotopic (exact) mass is 244 g/mol. The third kappa shape index (κ3) is 1.84. The minimum Gasteiger partial charge on any atom is -0.454 e. The molecule has 0 atom stereocenters. The first-order valence-corrected chi connectivity index (χ1v) is 5.76. The minimum absolute atomic E-state index is 0.162. The summed E-state index contributed by atoms with van der Waals surface area (Å²) in [6.45, 7) is 2.19. The number of benzene rings is 1. The predicted molar refractivity (Wildman–Crippen MR) is 66.4 cm³/mol. The smallest absolute Gasteiger partial charge is 0.275 e. The van der Waals surface area contributed by atoms with Gasteiger partial charge in [0.15, 0.2) is 11.5 Å². The number of aliphatic imine (C=N–C) groups is 1. The minimum atomic E-state index is -0.162. The normalized spacial score (nSPS) is 19.1. The fourth-order valence-corrected chi connectivity index (χ4v) is 1.85. The Balaban J connectivity index is 1.92. The lowest BCUT2D eigenvalue weighted by Crippen LogP contribution is -2.22. The maximum absolute atomic E-state index is 11.6. The number of hydrogen-bond donors (Lipinski definition) is 1. The van der Waals surface area contributed by atoms with Crippen molar-refractivity contribution in [3.63, 3.8) is 0 Å². The van der Waals surface area contributed by atoms with Crippen LogP contribution in [0.2, 0.25) is 0 Å². The number of nitrogens with zero attached hydrogens (tertiary/aromatic N) is 1. The van der Waals surface area contributed by atoms with Gasteiger partial charge in [0.25, 0.3) is 5.91 Å². The molecule has 0 radical (unpaired) electrons. The second-order valence-corrected chi connectivity index (χ2v) is 4.01. The molecule has 18 heavy (non-hydrogen) atoms. The number of amidine groups is 1. The Morgan fingerprint density at radius 3 is 3.00 bits per heavy atom. The van der Waals surface area contributed by atoms with Crippen molar-refractivity contribution in [2.75, 3.05) is 6.79 Å². The molecule has 0 aromatic heterocycles. The van der Waals surface area contributed by atoms with Crippen molar-refractivity contribution >= 4 is 17.8 Å². The van der Waals surface area contributed by atoms with E-state index in [-0.39, 0.29) is 12.7 Å². The summed E-state index contributed by atoms with van der Waals surface area (Å²) in [5.74, 6) is 1.96. The summed E-state index contributed by atoms with van der Waals surface area (Å²) in [4.78, 5) is 15.9. The van der Waals surface area contributed by atoms with E-state index in [9.17, 15) is 4.79 Å².